The molecule has 2 aliphatic rings. The van der Waals surface area contributed by atoms with E-state index in [0.29, 0.717) is 0 Å². The number of fused-ring (bicyclic) bond motifs is 1. The first-order chi connectivity index (χ1) is 5.31. The van der Waals surface area contributed by atoms with Gasteiger partial charge >= 0.3 is 0 Å². The molecule has 0 spiro atoms. The average Bonchev–Trinajstić information content (AvgIpc) is 2.67. The fourth-order valence-corrected chi connectivity index (χ4v) is 3.11. The predicted octanol–water partition coefficient (Wildman–Crippen LogP) is 3.18. The van der Waals surface area contributed by atoms with Crippen LogP contribution in [0, 0.1) is 17.8 Å². The number of rotatable bonds is 2. The molecule has 2 fully saturated rings. The Labute approximate surface area is 70.8 Å². The van der Waals surface area contributed by atoms with Crippen LogP contribution < -0.4 is 0 Å². The van der Waals surface area contributed by atoms with Gasteiger partial charge in [0.1, 0.15) is 6.71 Å². The predicted molar refractivity (Wildman–Crippen MR) is 51.2 cm³/mol. The molecule has 0 N–H and O–H groups in total. The van der Waals surface area contributed by atoms with E-state index in [9.17, 15) is 0 Å². The Bertz CT molecular complexity index is 144. The van der Waals surface area contributed by atoms with E-state index in [1.54, 1.807) is 12.7 Å². The smallest absolute Gasteiger partial charge is 0.0744 e. The Hall–Kier alpha value is 0.0649. The minimum absolute atomic E-state index is 1.06. The fraction of sp³-hybridized carbons (Fsp3) is 1.00. The molecule has 11 heavy (non-hydrogen) atoms. The summed E-state index contributed by atoms with van der Waals surface area (Å²) in [6.07, 6.45) is 7.57. The van der Waals surface area contributed by atoms with Crippen molar-refractivity contribution in [2.24, 2.45) is 17.8 Å². The Morgan fingerprint density at radius 3 is 2.82 bits per heavy atom. The lowest BCUT2D eigenvalue weighted by Gasteiger charge is -2.23. The van der Waals surface area contributed by atoms with E-state index in [1.807, 2.05) is 0 Å². The maximum atomic E-state index is 2.46. The molecule has 62 valence electrons. The molecule has 1 aliphatic heterocycles. The third-order valence-corrected chi connectivity index (χ3v) is 3.75. The van der Waals surface area contributed by atoms with Gasteiger partial charge in [-0.2, -0.15) is 0 Å². The van der Waals surface area contributed by atoms with Gasteiger partial charge in [0.25, 0.3) is 0 Å². The molecule has 3 unspecified atom stereocenters. The summed E-state index contributed by atoms with van der Waals surface area (Å²) in [5, 5.41) is 0. The molecule has 1 heterocycles. The average molecular weight is 150 g/mol. The van der Waals surface area contributed by atoms with Crippen LogP contribution in [-0.4, -0.2) is 6.71 Å². The monoisotopic (exact) mass is 150 g/mol. The van der Waals surface area contributed by atoms with E-state index < -0.39 is 0 Å². The lowest BCUT2D eigenvalue weighted by molar-refractivity contribution is 0.502. The zero-order valence-electron chi connectivity index (χ0n) is 7.84. The highest BCUT2D eigenvalue weighted by atomic mass is 14.5. The first kappa shape index (κ1) is 7.70. The highest BCUT2D eigenvalue weighted by molar-refractivity contribution is 6.59. The quantitative estimate of drug-likeness (QED) is 0.530. The van der Waals surface area contributed by atoms with Gasteiger partial charge in [0.15, 0.2) is 0 Å². The van der Waals surface area contributed by atoms with Gasteiger partial charge in [-0.25, -0.2) is 0 Å². The summed E-state index contributed by atoms with van der Waals surface area (Å²) in [5.41, 5.74) is 0. The molecule has 0 nitrogen and oxygen atoms in total. The Morgan fingerprint density at radius 1 is 1.36 bits per heavy atom. The van der Waals surface area contributed by atoms with Crippen LogP contribution in [0.25, 0.3) is 0 Å². The van der Waals surface area contributed by atoms with Crippen molar-refractivity contribution >= 4 is 6.71 Å². The standard InChI is InChI=1S/C10H19B/c1-3-4-11-6-8(2)10-5-9(10)7-11/h8-10H,3-7H2,1-2H3. The van der Waals surface area contributed by atoms with Gasteiger partial charge in [-0.3, -0.25) is 0 Å². The van der Waals surface area contributed by atoms with Crippen molar-refractivity contribution in [3.8, 4) is 0 Å². The third-order valence-electron chi connectivity index (χ3n) is 3.75. The second-order valence-corrected chi connectivity index (χ2v) is 4.76. The van der Waals surface area contributed by atoms with E-state index in [0.717, 1.165) is 24.5 Å². The SMILES string of the molecule is CCCB1CC(C)C2CC2C1. The van der Waals surface area contributed by atoms with Crippen LogP contribution in [0.4, 0.5) is 0 Å². The van der Waals surface area contributed by atoms with Crippen LogP contribution >= 0.6 is 0 Å². The van der Waals surface area contributed by atoms with Crippen LogP contribution in [-0.2, 0) is 0 Å². The summed E-state index contributed by atoms with van der Waals surface area (Å²) >= 11 is 0. The van der Waals surface area contributed by atoms with Gasteiger partial charge < -0.3 is 0 Å². The van der Waals surface area contributed by atoms with Crippen molar-refractivity contribution in [2.45, 2.75) is 45.6 Å². The zero-order chi connectivity index (χ0) is 7.84. The largest absolute Gasteiger partial charge is 0.140 e. The molecule has 3 atom stereocenters. The van der Waals surface area contributed by atoms with Crippen LogP contribution in [0.1, 0.15) is 26.7 Å². The normalized spacial score (nSPS) is 42.0. The van der Waals surface area contributed by atoms with Crippen LogP contribution in [0.3, 0.4) is 0 Å². The zero-order valence-corrected chi connectivity index (χ0v) is 7.84. The van der Waals surface area contributed by atoms with Crippen molar-refractivity contribution < 1.29 is 0 Å². The molecular weight excluding hydrogens is 131 g/mol. The second kappa shape index (κ2) is 2.84. The van der Waals surface area contributed by atoms with Gasteiger partial charge in [0, 0.05) is 0 Å². The molecule has 0 amide bonds. The summed E-state index contributed by atoms with van der Waals surface area (Å²) < 4.78 is 0. The van der Waals surface area contributed by atoms with Crippen molar-refractivity contribution in [2.75, 3.05) is 0 Å². The van der Waals surface area contributed by atoms with Crippen LogP contribution in [0.5, 0.6) is 0 Å². The van der Waals surface area contributed by atoms with Crippen molar-refractivity contribution in [3.05, 3.63) is 0 Å². The van der Waals surface area contributed by atoms with E-state index in [1.165, 1.54) is 19.1 Å². The summed E-state index contributed by atoms with van der Waals surface area (Å²) in [6, 6.07) is 0. The molecule has 1 saturated heterocycles. The topological polar surface area (TPSA) is 0 Å². The molecule has 0 radical (unpaired) electrons. The summed E-state index contributed by atoms with van der Waals surface area (Å²) in [4.78, 5) is 0. The molecule has 0 aromatic rings. The minimum atomic E-state index is 1.06. The van der Waals surface area contributed by atoms with Crippen molar-refractivity contribution in [1.29, 1.82) is 0 Å². The lowest BCUT2D eigenvalue weighted by Crippen LogP contribution is -2.22. The second-order valence-electron chi connectivity index (χ2n) is 4.76. The maximum Gasteiger partial charge on any atom is 0.140 e. The first-order valence-electron chi connectivity index (χ1n) is 5.31. The van der Waals surface area contributed by atoms with Gasteiger partial charge in [0.2, 0.25) is 0 Å². The first-order valence-corrected chi connectivity index (χ1v) is 5.31. The van der Waals surface area contributed by atoms with E-state index in [4.69, 9.17) is 0 Å². The molecular formula is C10H19B. The maximum absolute atomic E-state index is 2.46. The minimum Gasteiger partial charge on any atom is -0.0744 e. The van der Waals surface area contributed by atoms with E-state index >= 15 is 0 Å². The van der Waals surface area contributed by atoms with E-state index in [-0.39, 0.29) is 0 Å². The van der Waals surface area contributed by atoms with Gasteiger partial charge in [-0.05, 0) is 24.2 Å². The Morgan fingerprint density at radius 2 is 2.18 bits per heavy atom. The molecule has 0 aromatic heterocycles. The molecule has 0 bridgehead atoms. The highest BCUT2D eigenvalue weighted by Gasteiger charge is 2.46. The summed E-state index contributed by atoms with van der Waals surface area (Å²) in [5.74, 6) is 3.38. The third kappa shape index (κ3) is 1.48. The van der Waals surface area contributed by atoms with Crippen LogP contribution in [0.15, 0.2) is 0 Å². The molecule has 0 aromatic carbocycles. The summed E-state index contributed by atoms with van der Waals surface area (Å²) in [7, 11) is 0. The van der Waals surface area contributed by atoms with Crippen molar-refractivity contribution in [3.63, 3.8) is 0 Å². The Kier molecular flexibility index (Phi) is 1.99. The molecule has 2 rings (SSSR count). The van der Waals surface area contributed by atoms with Crippen LogP contribution in [0.2, 0.25) is 19.0 Å². The van der Waals surface area contributed by atoms with Gasteiger partial charge in [0.05, 0.1) is 0 Å². The van der Waals surface area contributed by atoms with Gasteiger partial charge in [-0.1, -0.05) is 39.2 Å². The molecule has 1 aliphatic carbocycles. The number of hydrogen-bond acceptors (Lipinski definition) is 0. The van der Waals surface area contributed by atoms with E-state index in [2.05, 4.69) is 13.8 Å². The molecule has 1 saturated carbocycles. The number of hydrogen-bond donors (Lipinski definition) is 0. The fourth-order valence-electron chi connectivity index (χ4n) is 3.11. The molecule has 1 heteroatoms. The van der Waals surface area contributed by atoms with Gasteiger partial charge in [-0.15, -0.1) is 0 Å². The summed E-state index contributed by atoms with van der Waals surface area (Å²) in [6.45, 7) is 5.88. The highest BCUT2D eigenvalue weighted by Crippen LogP contribution is 2.53. The Balaban J connectivity index is 1.85. The van der Waals surface area contributed by atoms with Crippen molar-refractivity contribution in [1.82, 2.24) is 0 Å². The lowest BCUT2D eigenvalue weighted by atomic mass is 9.38.